The number of benzene rings is 1. The summed E-state index contributed by atoms with van der Waals surface area (Å²) < 4.78 is 0. The van der Waals surface area contributed by atoms with Crippen molar-refractivity contribution >= 4 is 17.4 Å². The number of pyridine rings is 1. The highest BCUT2D eigenvalue weighted by Crippen LogP contribution is 2.12. The number of carbonyl (C=O) groups is 1. The topological polar surface area (TPSA) is 79.8 Å². The Balaban J connectivity index is 1.72. The van der Waals surface area contributed by atoms with Crippen molar-refractivity contribution in [3.63, 3.8) is 0 Å². The van der Waals surface area contributed by atoms with Crippen LogP contribution in [0.1, 0.15) is 21.9 Å². The summed E-state index contributed by atoms with van der Waals surface area (Å²) in [6, 6.07) is 14.8. The van der Waals surface area contributed by atoms with E-state index in [-0.39, 0.29) is 5.91 Å². The smallest absolute Gasteiger partial charge is 0.274 e. The first kappa shape index (κ1) is 15.6. The lowest BCUT2D eigenvalue weighted by Crippen LogP contribution is -2.15. The SMILES string of the molecule is Cc1nc(NCc2ccncc2)cc(C(=O)Nc2ccccc2)n1. The fraction of sp³-hybridized carbons (Fsp3) is 0.111. The summed E-state index contributed by atoms with van der Waals surface area (Å²) in [5, 5.41) is 6.02. The Kier molecular flexibility index (Phi) is 4.76. The third kappa shape index (κ3) is 4.13. The average Bonchev–Trinajstić information content (AvgIpc) is 2.61. The Hall–Kier alpha value is -3.28. The monoisotopic (exact) mass is 319 g/mol. The van der Waals surface area contributed by atoms with Crippen LogP contribution in [0, 0.1) is 6.92 Å². The molecule has 0 aliphatic heterocycles. The number of nitrogens with zero attached hydrogens (tertiary/aromatic N) is 3. The lowest BCUT2D eigenvalue weighted by molar-refractivity contribution is 0.102. The Labute approximate surface area is 140 Å². The summed E-state index contributed by atoms with van der Waals surface area (Å²) in [7, 11) is 0. The van der Waals surface area contributed by atoms with Crippen LogP contribution in [0.3, 0.4) is 0 Å². The van der Waals surface area contributed by atoms with E-state index >= 15 is 0 Å². The highest BCUT2D eigenvalue weighted by Gasteiger charge is 2.10. The van der Waals surface area contributed by atoms with E-state index in [1.54, 1.807) is 25.4 Å². The van der Waals surface area contributed by atoms with Crippen molar-refractivity contribution in [2.75, 3.05) is 10.6 Å². The van der Waals surface area contributed by atoms with E-state index in [0.717, 1.165) is 11.3 Å². The molecule has 0 aliphatic carbocycles. The molecule has 6 nitrogen and oxygen atoms in total. The quantitative estimate of drug-likeness (QED) is 0.755. The number of anilines is 2. The van der Waals surface area contributed by atoms with Gasteiger partial charge in [-0.15, -0.1) is 0 Å². The van der Waals surface area contributed by atoms with Crippen LogP contribution in [0.25, 0.3) is 0 Å². The zero-order chi connectivity index (χ0) is 16.8. The molecule has 0 aliphatic rings. The molecule has 0 bridgehead atoms. The summed E-state index contributed by atoms with van der Waals surface area (Å²) in [5.74, 6) is 0.879. The number of carbonyl (C=O) groups excluding carboxylic acids is 1. The normalized spacial score (nSPS) is 10.2. The Bertz CT molecular complexity index is 821. The predicted octanol–water partition coefficient (Wildman–Crippen LogP) is 3.04. The van der Waals surface area contributed by atoms with Gasteiger partial charge in [-0.2, -0.15) is 0 Å². The molecule has 0 fully saturated rings. The molecule has 0 saturated heterocycles. The molecule has 1 aromatic carbocycles. The van der Waals surface area contributed by atoms with Crippen LogP contribution in [-0.2, 0) is 6.54 Å². The number of aromatic nitrogens is 3. The fourth-order valence-corrected chi connectivity index (χ4v) is 2.18. The molecule has 2 aromatic heterocycles. The van der Waals surface area contributed by atoms with Crippen molar-refractivity contribution in [2.24, 2.45) is 0 Å². The van der Waals surface area contributed by atoms with Crippen molar-refractivity contribution in [3.8, 4) is 0 Å². The first-order chi connectivity index (χ1) is 11.7. The van der Waals surface area contributed by atoms with Gasteiger partial charge in [-0.3, -0.25) is 9.78 Å². The minimum atomic E-state index is -0.265. The molecule has 2 heterocycles. The number of hydrogen-bond acceptors (Lipinski definition) is 5. The van der Waals surface area contributed by atoms with E-state index < -0.39 is 0 Å². The minimum absolute atomic E-state index is 0.265. The van der Waals surface area contributed by atoms with E-state index in [9.17, 15) is 4.79 Å². The molecule has 2 N–H and O–H groups in total. The molecule has 0 spiro atoms. The Morgan fingerprint density at radius 3 is 2.54 bits per heavy atom. The van der Waals surface area contributed by atoms with Crippen LogP contribution in [0.5, 0.6) is 0 Å². The molecule has 3 rings (SSSR count). The number of hydrogen-bond donors (Lipinski definition) is 2. The highest BCUT2D eigenvalue weighted by molar-refractivity contribution is 6.03. The largest absolute Gasteiger partial charge is 0.366 e. The Morgan fingerprint density at radius 2 is 1.79 bits per heavy atom. The van der Waals surface area contributed by atoms with E-state index in [2.05, 4.69) is 25.6 Å². The van der Waals surface area contributed by atoms with Gasteiger partial charge in [0.15, 0.2) is 0 Å². The molecular weight excluding hydrogens is 302 g/mol. The summed E-state index contributed by atoms with van der Waals surface area (Å²) in [5.41, 5.74) is 2.13. The third-order valence-corrected chi connectivity index (χ3v) is 3.33. The molecule has 0 unspecified atom stereocenters. The standard InChI is InChI=1S/C18H17N5O/c1-13-21-16(18(24)23-15-5-3-2-4-6-15)11-17(22-13)20-12-14-7-9-19-10-8-14/h2-11H,12H2,1H3,(H,23,24)(H,20,21,22). The van der Waals surface area contributed by atoms with Crippen LogP contribution in [0.4, 0.5) is 11.5 Å². The first-order valence-corrected chi connectivity index (χ1v) is 7.55. The molecule has 1 amide bonds. The molecule has 0 saturated carbocycles. The van der Waals surface area contributed by atoms with Gasteiger partial charge >= 0.3 is 0 Å². The minimum Gasteiger partial charge on any atom is -0.366 e. The maximum absolute atomic E-state index is 12.4. The molecule has 0 atom stereocenters. The number of para-hydroxylation sites is 1. The number of nitrogens with one attached hydrogen (secondary N) is 2. The van der Waals surface area contributed by atoms with Gasteiger partial charge in [0.1, 0.15) is 17.3 Å². The Morgan fingerprint density at radius 1 is 1.04 bits per heavy atom. The molecule has 0 radical (unpaired) electrons. The number of amides is 1. The summed E-state index contributed by atoms with van der Waals surface area (Å²) in [6.07, 6.45) is 3.47. The van der Waals surface area contributed by atoms with Crippen molar-refractivity contribution in [2.45, 2.75) is 13.5 Å². The first-order valence-electron chi connectivity index (χ1n) is 7.55. The van der Waals surface area contributed by atoms with Crippen molar-refractivity contribution in [1.82, 2.24) is 15.0 Å². The van der Waals surface area contributed by atoms with Crippen LogP contribution in [0.2, 0.25) is 0 Å². The number of rotatable bonds is 5. The van der Waals surface area contributed by atoms with Gasteiger partial charge in [0, 0.05) is 30.7 Å². The van der Waals surface area contributed by atoms with Gasteiger partial charge in [-0.1, -0.05) is 18.2 Å². The highest BCUT2D eigenvalue weighted by atomic mass is 16.1. The van der Waals surface area contributed by atoms with Gasteiger partial charge < -0.3 is 10.6 Å². The second kappa shape index (κ2) is 7.32. The summed E-state index contributed by atoms with van der Waals surface area (Å²) in [6.45, 7) is 2.36. The van der Waals surface area contributed by atoms with Crippen molar-refractivity contribution in [3.05, 3.63) is 78.0 Å². The fourth-order valence-electron chi connectivity index (χ4n) is 2.18. The lowest BCUT2D eigenvalue weighted by Gasteiger charge is -2.09. The van der Waals surface area contributed by atoms with Crippen LogP contribution in [0.15, 0.2) is 60.9 Å². The van der Waals surface area contributed by atoms with Gasteiger partial charge in [0.05, 0.1) is 0 Å². The summed E-state index contributed by atoms with van der Waals surface area (Å²) >= 11 is 0. The van der Waals surface area contributed by atoms with Crippen LogP contribution < -0.4 is 10.6 Å². The van der Waals surface area contributed by atoms with E-state index in [1.807, 2.05) is 42.5 Å². The van der Waals surface area contributed by atoms with Gasteiger partial charge in [-0.25, -0.2) is 9.97 Å². The summed E-state index contributed by atoms with van der Waals surface area (Å²) in [4.78, 5) is 24.9. The predicted molar refractivity (Wildman–Crippen MR) is 92.7 cm³/mol. The van der Waals surface area contributed by atoms with E-state index in [1.165, 1.54) is 0 Å². The van der Waals surface area contributed by atoms with Gasteiger partial charge in [-0.05, 0) is 36.8 Å². The average molecular weight is 319 g/mol. The zero-order valence-electron chi connectivity index (χ0n) is 13.2. The second-order valence-electron chi connectivity index (χ2n) is 5.21. The van der Waals surface area contributed by atoms with Crippen molar-refractivity contribution < 1.29 is 4.79 Å². The van der Waals surface area contributed by atoms with Gasteiger partial charge in [0.25, 0.3) is 5.91 Å². The number of aryl methyl sites for hydroxylation is 1. The maximum atomic E-state index is 12.4. The zero-order valence-corrected chi connectivity index (χ0v) is 13.2. The second-order valence-corrected chi connectivity index (χ2v) is 5.21. The lowest BCUT2D eigenvalue weighted by atomic mass is 10.2. The molecular formula is C18H17N5O. The van der Waals surface area contributed by atoms with Crippen molar-refractivity contribution in [1.29, 1.82) is 0 Å². The van der Waals surface area contributed by atoms with Gasteiger partial charge in [0.2, 0.25) is 0 Å². The van der Waals surface area contributed by atoms with Crippen LogP contribution >= 0.6 is 0 Å². The third-order valence-electron chi connectivity index (χ3n) is 3.33. The molecule has 24 heavy (non-hydrogen) atoms. The molecule has 120 valence electrons. The molecule has 6 heteroatoms. The van der Waals surface area contributed by atoms with E-state index in [0.29, 0.717) is 23.9 Å². The molecule has 3 aromatic rings. The maximum Gasteiger partial charge on any atom is 0.274 e. The van der Waals surface area contributed by atoms with Crippen LogP contribution in [-0.4, -0.2) is 20.9 Å². The van der Waals surface area contributed by atoms with E-state index in [4.69, 9.17) is 0 Å².